The van der Waals surface area contributed by atoms with Crippen LogP contribution in [0.2, 0.25) is 5.02 Å². The van der Waals surface area contributed by atoms with Gasteiger partial charge >= 0.3 is 11.9 Å². The van der Waals surface area contributed by atoms with E-state index >= 15 is 0 Å². The Hall–Kier alpha value is -3.44. The van der Waals surface area contributed by atoms with Gasteiger partial charge in [-0.2, -0.15) is 18.2 Å². The molecule has 0 aliphatic heterocycles. The molecular weight excluding hydrogens is 527 g/mol. The summed E-state index contributed by atoms with van der Waals surface area (Å²) in [5.41, 5.74) is -0.604. The molecule has 1 fully saturated rings. The zero-order chi connectivity index (χ0) is 28.2. The lowest BCUT2D eigenvalue weighted by Crippen LogP contribution is -2.39. The average molecular weight is 556 g/mol. The van der Waals surface area contributed by atoms with Crippen molar-refractivity contribution in [3.05, 3.63) is 69.1 Å². The molecule has 2 aromatic carbocycles. The number of benzene rings is 2. The number of halogens is 4. The Labute approximate surface area is 230 Å². The van der Waals surface area contributed by atoms with Gasteiger partial charge in [0.2, 0.25) is 0 Å². The molecule has 1 heterocycles. The van der Waals surface area contributed by atoms with E-state index in [0.29, 0.717) is 22.6 Å². The van der Waals surface area contributed by atoms with Crippen LogP contribution in [0.15, 0.2) is 47.3 Å². The van der Waals surface area contributed by atoms with Crippen molar-refractivity contribution in [1.82, 2.24) is 15.0 Å². The summed E-state index contributed by atoms with van der Waals surface area (Å²) < 4.78 is 39.6. The van der Waals surface area contributed by atoms with Gasteiger partial charge in [-0.25, -0.2) is 9.78 Å². The smallest absolute Gasteiger partial charge is 0.299 e. The number of rotatable bonds is 6. The number of aromatic amines is 1. The molecular formula is C30H29ClF3N3O2. The van der Waals surface area contributed by atoms with Crippen LogP contribution in [-0.4, -0.2) is 26.9 Å². The van der Waals surface area contributed by atoms with Crippen LogP contribution < -0.4 is 5.69 Å². The molecule has 0 radical (unpaired) electrons. The molecule has 1 N–H and O–H groups in total. The molecule has 5 nitrogen and oxygen atoms in total. The van der Waals surface area contributed by atoms with E-state index in [1.54, 1.807) is 30.3 Å². The SMILES string of the molecule is CC(C)(C(=O)CCc1ccc(Cl)c(-c2nc(-c3ccc(C#CC4CCCCC4)cc3)nc(=O)[nH]2)c1)C(F)(F)F. The first kappa shape index (κ1) is 28.6. The molecule has 1 aliphatic rings. The predicted octanol–water partition coefficient (Wildman–Crippen LogP) is 7.17. The van der Waals surface area contributed by atoms with Gasteiger partial charge in [0, 0.05) is 29.0 Å². The minimum absolute atomic E-state index is 0.0774. The maximum Gasteiger partial charge on any atom is 0.400 e. The van der Waals surface area contributed by atoms with Crippen molar-refractivity contribution in [2.75, 3.05) is 0 Å². The van der Waals surface area contributed by atoms with Gasteiger partial charge in [0.25, 0.3) is 0 Å². The lowest BCUT2D eigenvalue weighted by molar-refractivity contribution is -0.210. The van der Waals surface area contributed by atoms with Gasteiger partial charge in [-0.3, -0.25) is 9.78 Å². The summed E-state index contributed by atoms with van der Waals surface area (Å²) in [6, 6.07) is 12.1. The van der Waals surface area contributed by atoms with Crippen molar-refractivity contribution in [3.8, 4) is 34.6 Å². The highest BCUT2D eigenvalue weighted by molar-refractivity contribution is 6.33. The standard InChI is InChI=1S/C30H29ClF3N3O2/c1-29(2,30(32,33)34)25(38)17-13-21-12-16-24(31)23(18-21)27-35-26(36-28(39)37-27)22-14-10-20(11-15-22)9-8-19-6-4-3-5-7-19/h10-12,14-16,18-19H,3-7,13,17H2,1-2H3,(H,35,36,37,39). The van der Waals surface area contributed by atoms with E-state index < -0.39 is 23.1 Å². The number of carbonyl (C=O) groups excluding carboxylic acids is 1. The fourth-order valence-electron chi connectivity index (χ4n) is 4.41. The van der Waals surface area contributed by atoms with Crippen molar-refractivity contribution in [2.24, 2.45) is 11.3 Å². The highest BCUT2D eigenvalue weighted by Crippen LogP contribution is 2.39. The second-order valence-electron chi connectivity index (χ2n) is 10.4. The van der Waals surface area contributed by atoms with Gasteiger partial charge in [0.1, 0.15) is 17.0 Å². The molecule has 9 heteroatoms. The fourth-order valence-corrected chi connectivity index (χ4v) is 4.62. The van der Waals surface area contributed by atoms with E-state index in [-0.39, 0.29) is 29.5 Å². The molecule has 204 valence electrons. The molecule has 3 aromatic rings. The van der Waals surface area contributed by atoms with Crippen LogP contribution in [0, 0.1) is 23.2 Å². The Balaban J connectivity index is 1.54. The van der Waals surface area contributed by atoms with E-state index in [9.17, 15) is 22.8 Å². The van der Waals surface area contributed by atoms with Crippen LogP contribution in [0.3, 0.4) is 0 Å². The van der Waals surface area contributed by atoms with Crippen LogP contribution in [-0.2, 0) is 11.2 Å². The maximum atomic E-state index is 13.2. The number of hydrogen-bond donors (Lipinski definition) is 1. The van der Waals surface area contributed by atoms with E-state index in [1.165, 1.54) is 19.3 Å². The topological polar surface area (TPSA) is 75.7 Å². The van der Waals surface area contributed by atoms with E-state index in [4.69, 9.17) is 11.6 Å². The van der Waals surface area contributed by atoms with Gasteiger partial charge in [0.05, 0.1) is 5.02 Å². The van der Waals surface area contributed by atoms with Gasteiger partial charge < -0.3 is 0 Å². The number of ketones is 1. The van der Waals surface area contributed by atoms with E-state index in [2.05, 4.69) is 26.8 Å². The number of nitrogens with zero attached hydrogens (tertiary/aromatic N) is 2. The zero-order valence-electron chi connectivity index (χ0n) is 21.8. The van der Waals surface area contributed by atoms with Crippen molar-refractivity contribution < 1.29 is 18.0 Å². The molecule has 0 bridgehead atoms. The molecule has 1 aromatic heterocycles. The van der Waals surface area contributed by atoms with Gasteiger partial charge in [0.15, 0.2) is 5.82 Å². The third-order valence-electron chi connectivity index (χ3n) is 7.15. The summed E-state index contributed by atoms with van der Waals surface area (Å²) >= 11 is 6.38. The average Bonchev–Trinajstić information content (AvgIpc) is 2.91. The van der Waals surface area contributed by atoms with Crippen molar-refractivity contribution >= 4 is 17.4 Å². The first-order chi connectivity index (χ1) is 18.4. The summed E-state index contributed by atoms with van der Waals surface area (Å²) in [6.45, 7) is 1.76. The molecule has 0 amide bonds. The van der Waals surface area contributed by atoms with Crippen LogP contribution in [0.4, 0.5) is 13.2 Å². The first-order valence-corrected chi connectivity index (χ1v) is 13.3. The number of aromatic nitrogens is 3. The van der Waals surface area contributed by atoms with Crippen molar-refractivity contribution in [3.63, 3.8) is 0 Å². The van der Waals surface area contributed by atoms with Crippen LogP contribution in [0.25, 0.3) is 22.8 Å². The Bertz CT molecular complexity index is 1460. The summed E-state index contributed by atoms with van der Waals surface area (Å²) in [4.78, 5) is 35.7. The molecule has 1 saturated carbocycles. The lowest BCUT2D eigenvalue weighted by Gasteiger charge is -2.26. The Kier molecular flexibility index (Phi) is 8.60. The summed E-state index contributed by atoms with van der Waals surface area (Å²) in [5, 5.41) is 0.286. The van der Waals surface area contributed by atoms with E-state index in [1.807, 2.05) is 12.1 Å². The summed E-state index contributed by atoms with van der Waals surface area (Å²) in [6.07, 6.45) is 1.15. The Morgan fingerprint density at radius 1 is 1.05 bits per heavy atom. The normalized spacial score (nSPS) is 14.5. The Morgan fingerprint density at radius 3 is 2.41 bits per heavy atom. The lowest BCUT2D eigenvalue weighted by atomic mass is 9.84. The van der Waals surface area contributed by atoms with E-state index in [0.717, 1.165) is 32.3 Å². The number of H-pyrrole nitrogens is 1. The highest BCUT2D eigenvalue weighted by Gasteiger charge is 2.51. The fraction of sp³-hybridized carbons (Fsp3) is 0.400. The minimum atomic E-state index is -4.63. The zero-order valence-corrected chi connectivity index (χ0v) is 22.5. The number of aryl methyl sites for hydroxylation is 1. The molecule has 0 spiro atoms. The van der Waals surface area contributed by atoms with Gasteiger partial charge in [-0.05, 0) is 75.1 Å². The van der Waals surface area contributed by atoms with Crippen LogP contribution in [0.5, 0.6) is 0 Å². The monoisotopic (exact) mass is 555 g/mol. The molecule has 0 unspecified atom stereocenters. The summed E-state index contributed by atoms with van der Waals surface area (Å²) in [5.74, 6) is 6.48. The Morgan fingerprint density at radius 2 is 1.74 bits per heavy atom. The number of nitrogens with one attached hydrogen (secondary N) is 1. The van der Waals surface area contributed by atoms with Crippen LogP contribution >= 0.6 is 11.6 Å². The van der Waals surface area contributed by atoms with Crippen molar-refractivity contribution in [1.29, 1.82) is 0 Å². The number of Topliss-reactive ketones (excluding diaryl/α,β-unsaturated/α-hetero) is 1. The van der Waals surface area contributed by atoms with Crippen molar-refractivity contribution in [2.45, 2.75) is 65.0 Å². The maximum absolute atomic E-state index is 13.2. The third kappa shape index (κ3) is 6.96. The molecule has 4 rings (SSSR count). The quantitative estimate of drug-likeness (QED) is 0.327. The number of alkyl halides is 3. The minimum Gasteiger partial charge on any atom is -0.299 e. The third-order valence-corrected chi connectivity index (χ3v) is 7.48. The number of carbonyl (C=O) groups is 1. The van der Waals surface area contributed by atoms with Gasteiger partial charge in [-0.15, -0.1) is 0 Å². The molecule has 39 heavy (non-hydrogen) atoms. The largest absolute Gasteiger partial charge is 0.400 e. The molecule has 1 aliphatic carbocycles. The highest BCUT2D eigenvalue weighted by atomic mass is 35.5. The van der Waals surface area contributed by atoms with Crippen LogP contribution in [0.1, 0.15) is 63.5 Å². The second kappa shape index (κ2) is 11.7. The molecule has 0 atom stereocenters. The second-order valence-corrected chi connectivity index (χ2v) is 10.8. The molecule has 0 saturated heterocycles. The summed E-state index contributed by atoms with van der Waals surface area (Å²) in [7, 11) is 0. The first-order valence-electron chi connectivity index (χ1n) is 12.9. The number of hydrogen-bond acceptors (Lipinski definition) is 4. The predicted molar refractivity (Wildman–Crippen MR) is 145 cm³/mol. The van der Waals surface area contributed by atoms with Gasteiger partial charge in [-0.1, -0.05) is 48.8 Å².